The molecule has 0 spiro atoms. The van der Waals surface area contributed by atoms with Crippen LogP contribution in [0.3, 0.4) is 0 Å². The lowest BCUT2D eigenvalue weighted by Crippen LogP contribution is -2.13. The Labute approximate surface area is 104 Å². The smallest absolute Gasteiger partial charge is 0.147 e. The highest BCUT2D eigenvalue weighted by atomic mass is 19.1. The van der Waals surface area contributed by atoms with Crippen LogP contribution >= 0.6 is 0 Å². The normalized spacial score (nSPS) is 10.6. The molecule has 0 aliphatic rings. The Hall–Kier alpha value is -2.24. The van der Waals surface area contributed by atoms with E-state index in [4.69, 9.17) is 11.1 Å². The lowest BCUT2D eigenvalue weighted by atomic mass is 10.1. The van der Waals surface area contributed by atoms with Crippen LogP contribution in [-0.2, 0) is 6.54 Å². The maximum absolute atomic E-state index is 13.4. The van der Waals surface area contributed by atoms with E-state index in [1.165, 1.54) is 12.1 Å². The summed E-state index contributed by atoms with van der Waals surface area (Å²) < 4.78 is 15.1. The van der Waals surface area contributed by atoms with Crippen LogP contribution in [0.25, 0.3) is 0 Å². The van der Waals surface area contributed by atoms with Gasteiger partial charge in [-0.2, -0.15) is 5.10 Å². The summed E-state index contributed by atoms with van der Waals surface area (Å²) in [6.07, 6.45) is 0. The zero-order chi connectivity index (χ0) is 13.3. The van der Waals surface area contributed by atoms with Gasteiger partial charge in [0, 0.05) is 5.56 Å². The summed E-state index contributed by atoms with van der Waals surface area (Å²) in [5.74, 6) is 0.881. The Morgan fingerprint density at radius 1 is 1.39 bits per heavy atom. The summed E-state index contributed by atoms with van der Waals surface area (Å²) in [5.41, 5.74) is 6.44. The Morgan fingerprint density at radius 2 is 2.11 bits per heavy atom. The molecule has 0 atom stereocenters. The van der Waals surface area contributed by atoms with Crippen molar-refractivity contribution in [3.05, 3.63) is 46.8 Å². The lowest BCUT2D eigenvalue weighted by molar-refractivity contribution is 0.614. The number of aromatic nitrogens is 3. The number of amidine groups is 1. The third kappa shape index (κ3) is 2.53. The zero-order valence-electron chi connectivity index (χ0n) is 10.2. The maximum Gasteiger partial charge on any atom is 0.147 e. The van der Waals surface area contributed by atoms with Gasteiger partial charge in [-0.15, -0.1) is 0 Å². The number of aryl methyl sites for hydroxylation is 2. The SMILES string of the molecule is Cc1nc(C)n(Cc2cc(F)cc(C(=N)N)c2)n1. The molecule has 2 aromatic rings. The Bertz CT molecular complexity index is 603. The van der Waals surface area contributed by atoms with Gasteiger partial charge in [0.2, 0.25) is 0 Å². The molecule has 1 aromatic heterocycles. The summed E-state index contributed by atoms with van der Waals surface area (Å²) in [5, 5.41) is 11.5. The fourth-order valence-electron chi connectivity index (χ4n) is 1.78. The van der Waals surface area contributed by atoms with Crippen LogP contribution in [0.15, 0.2) is 18.2 Å². The van der Waals surface area contributed by atoms with Crippen LogP contribution in [-0.4, -0.2) is 20.6 Å². The molecule has 0 aliphatic heterocycles. The molecule has 0 saturated heterocycles. The molecule has 0 amide bonds. The van der Waals surface area contributed by atoms with Crippen molar-refractivity contribution in [1.29, 1.82) is 5.41 Å². The molecule has 0 unspecified atom stereocenters. The van der Waals surface area contributed by atoms with Gasteiger partial charge in [-0.25, -0.2) is 14.1 Å². The molecule has 0 saturated carbocycles. The molecule has 3 N–H and O–H groups in total. The van der Waals surface area contributed by atoms with Crippen LogP contribution < -0.4 is 5.73 Å². The highest BCUT2D eigenvalue weighted by Crippen LogP contribution is 2.11. The first kappa shape index (κ1) is 12.2. The highest BCUT2D eigenvalue weighted by molar-refractivity contribution is 5.95. The van der Waals surface area contributed by atoms with Crippen molar-refractivity contribution in [3.8, 4) is 0 Å². The van der Waals surface area contributed by atoms with Crippen molar-refractivity contribution >= 4 is 5.84 Å². The summed E-state index contributed by atoms with van der Waals surface area (Å²) >= 11 is 0. The maximum atomic E-state index is 13.4. The molecule has 0 radical (unpaired) electrons. The van der Waals surface area contributed by atoms with Gasteiger partial charge in [0.05, 0.1) is 6.54 Å². The van der Waals surface area contributed by atoms with E-state index in [1.807, 2.05) is 6.92 Å². The van der Waals surface area contributed by atoms with Crippen LogP contribution in [0.4, 0.5) is 4.39 Å². The van der Waals surface area contributed by atoms with Gasteiger partial charge in [0.1, 0.15) is 23.3 Å². The molecule has 1 aromatic carbocycles. The third-order valence-electron chi connectivity index (χ3n) is 2.56. The van der Waals surface area contributed by atoms with E-state index < -0.39 is 5.82 Å². The Morgan fingerprint density at radius 3 is 2.67 bits per heavy atom. The molecular weight excluding hydrogens is 233 g/mol. The van der Waals surface area contributed by atoms with Gasteiger partial charge in [0.25, 0.3) is 0 Å². The minimum Gasteiger partial charge on any atom is -0.384 e. The van der Waals surface area contributed by atoms with Crippen molar-refractivity contribution in [2.45, 2.75) is 20.4 Å². The number of nitrogens with zero attached hydrogens (tertiary/aromatic N) is 3. The third-order valence-corrected chi connectivity index (χ3v) is 2.56. The molecule has 1 heterocycles. The van der Waals surface area contributed by atoms with Crippen LogP contribution in [0, 0.1) is 25.1 Å². The van der Waals surface area contributed by atoms with E-state index in [1.54, 1.807) is 17.7 Å². The largest absolute Gasteiger partial charge is 0.384 e. The first-order chi connectivity index (χ1) is 8.45. The molecule has 5 nitrogen and oxygen atoms in total. The fraction of sp³-hybridized carbons (Fsp3) is 0.250. The molecule has 94 valence electrons. The first-order valence-corrected chi connectivity index (χ1v) is 5.47. The number of nitrogens with one attached hydrogen (secondary N) is 1. The predicted molar refractivity (Wildman–Crippen MR) is 66.0 cm³/mol. The van der Waals surface area contributed by atoms with Gasteiger partial charge >= 0.3 is 0 Å². The van der Waals surface area contributed by atoms with Crippen molar-refractivity contribution < 1.29 is 4.39 Å². The summed E-state index contributed by atoms with van der Waals surface area (Å²) in [6.45, 7) is 4.05. The lowest BCUT2D eigenvalue weighted by Gasteiger charge is -2.06. The summed E-state index contributed by atoms with van der Waals surface area (Å²) in [6, 6.07) is 4.33. The topological polar surface area (TPSA) is 80.6 Å². The van der Waals surface area contributed by atoms with Gasteiger partial charge in [-0.1, -0.05) is 0 Å². The highest BCUT2D eigenvalue weighted by Gasteiger charge is 2.07. The van der Waals surface area contributed by atoms with Crippen LogP contribution in [0.1, 0.15) is 22.8 Å². The molecule has 6 heteroatoms. The van der Waals surface area contributed by atoms with Gasteiger partial charge in [-0.05, 0) is 37.6 Å². The van der Waals surface area contributed by atoms with Crippen molar-refractivity contribution in [3.63, 3.8) is 0 Å². The van der Waals surface area contributed by atoms with Crippen LogP contribution in [0.5, 0.6) is 0 Å². The summed E-state index contributed by atoms with van der Waals surface area (Å²) in [7, 11) is 0. The van der Waals surface area contributed by atoms with Gasteiger partial charge in [-0.3, -0.25) is 5.41 Å². The molecule has 0 aliphatic carbocycles. The molecule has 0 bridgehead atoms. The van der Waals surface area contributed by atoms with E-state index in [0.717, 1.165) is 5.82 Å². The fourth-order valence-corrected chi connectivity index (χ4v) is 1.78. The van der Waals surface area contributed by atoms with E-state index in [9.17, 15) is 4.39 Å². The monoisotopic (exact) mass is 247 g/mol. The number of halogens is 1. The average Bonchev–Trinajstić information content (AvgIpc) is 2.56. The molecule has 0 fully saturated rings. The van der Waals surface area contributed by atoms with E-state index in [-0.39, 0.29) is 5.84 Å². The second-order valence-corrected chi connectivity index (χ2v) is 4.13. The number of nitrogens with two attached hydrogens (primary N) is 1. The Balaban J connectivity index is 2.34. The van der Waals surface area contributed by atoms with Gasteiger partial charge < -0.3 is 5.73 Å². The number of benzene rings is 1. The summed E-state index contributed by atoms with van der Waals surface area (Å²) in [4.78, 5) is 4.18. The minimum atomic E-state index is -0.410. The average molecular weight is 247 g/mol. The number of nitrogen functional groups attached to an aromatic ring is 1. The van der Waals surface area contributed by atoms with E-state index in [0.29, 0.717) is 23.5 Å². The zero-order valence-corrected chi connectivity index (χ0v) is 10.2. The van der Waals surface area contributed by atoms with Crippen molar-refractivity contribution in [2.24, 2.45) is 5.73 Å². The standard InChI is InChI=1S/C12H14FN5/c1-7-16-8(2)18(17-7)6-9-3-10(12(14)15)5-11(13)4-9/h3-5H,6H2,1-2H3,(H3,14,15). The van der Waals surface area contributed by atoms with E-state index in [2.05, 4.69) is 10.1 Å². The molecule has 18 heavy (non-hydrogen) atoms. The molecular formula is C12H14FN5. The number of hydrogen-bond donors (Lipinski definition) is 2. The van der Waals surface area contributed by atoms with Gasteiger partial charge in [0.15, 0.2) is 0 Å². The minimum absolute atomic E-state index is 0.151. The van der Waals surface area contributed by atoms with E-state index >= 15 is 0 Å². The second kappa shape index (κ2) is 4.56. The first-order valence-electron chi connectivity index (χ1n) is 5.47. The predicted octanol–water partition coefficient (Wildman–Crippen LogP) is 1.37. The quantitative estimate of drug-likeness (QED) is 0.635. The number of hydrogen-bond acceptors (Lipinski definition) is 3. The van der Waals surface area contributed by atoms with Crippen LogP contribution in [0.2, 0.25) is 0 Å². The molecule has 2 rings (SSSR count). The second-order valence-electron chi connectivity index (χ2n) is 4.13. The van der Waals surface area contributed by atoms with Crippen molar-refractivity contribution in [1.82, 2.24) is 14.8 Å². The Kier molecular flexibility index (Phi) is 3.10. The van der Waals surface area contributed by atoms with Crippen molar-refractivity contribution in [2.75, 3.05) is 0 Å². The number of rotatable bonds is 3.